The van der Waals surface area contributed by atoms with Crippen molar-refractivity contribution in [1.29, 1.82) is 0 Å². The molecule has 18 heavy (non-hydrogen) atoms. The van der Waals surface area contributed by atoms with Crippen molar-refractivity contribution < 1.29 is 9.59 Å². The number of hydrogen-bond acceptors (Lipinski definition) is 3. The number of imide groups is 1. The monoisotopic (exact) mass is 248 g/mol. The molecule has 0 radical (unpaired) electrons. The third-order valence-corrected chi connectivity index (χ3v) is 3.18. The normalized spacial score (nSPS) is 20.1. The third kappa shape index (κ3) is 2.34. The van der Waals surface area contributed by atoms with Gasteiger partial charge in [-0.3, -0.25) is 19.7 Å². The van der Waals surface area contributed by atoms with Crippen molar-refractivity contribution >= 4 is 11.8 Å². The Hall–Kier alpha value is -1.91. The molecule has 1 aliphatic rings. The average molecular weight is 248 g/mol. The number of pyridine rings is 1. The standard InChI is InChI=1S/C13H16N2O3/c1-8(2)9-5-6-15(12(17)7-9)10-3-4-11(16)14-13(10)18/h5-8,10H,3-4H2,1-2H3,(H,14,16,18). The Kier molecular flexibility index (Phi) is 3.32. The number of nitrogens with one attached hydrogen (secondary N) is 1. The molecule has 0 aromatic carbocycles. The van der Waals surface area contributed by atoms with Crippen LogP contribution in [0.25, 0.3) is 0 Å². The molecule has 1 atom stereocenters. The van der Waals surface area contributed by atoms with E-state index in [9.17, 15) is 14.4 Å². The Morgan fingerprint density at radius 1 is 1.33 bits per heavy atom. The van der Waals surface area contributed by atoms with Crippen LogP contribution in [0.2, 0.25) is 0 Å². The predicted molar refractivity (Wildman–Crippen MR) is 66.2 cm³/mol. The van der Waals surface area contributed by atoms with Crippen LogP contribution in [0.15, 0.2) is 23.1 Å². The first-order valence-electron chi connectivity index (χ1n) is 6.05. The number of nitrogens with zero attached hydrogens (tertiary/aromatic N) is 1. The van der Waals surface area contributed by atoms with Gasteiger partial charge in [-0.2, -0.15) is 0 Å². The van der Waals surface area contributed by atoms with E-state index in [1.807, 2.05) is 19.9 Å². The Labute approximate surface area is 105 Å². The molecule has 96 valence electrons. The van der Waals surface area contributed by atoms with Crippen LogP contribution in [0.3, 0.4) is 0 Å². The van der Waals surface area contributed by atoms with E-state index >= 15 is 0 Å². The van der Waals surface area contributed by atoms with Crippen LogP contribution in [-0.2, 0) is 9.59 Å². The smallest absolute Gasteiger partial charge is 0.251 e. The van der Waals surface area contributed by atoms with Crippen LogP contribution in [0.4, 0.5) is 0 Å². The van der Waals surface area contributed by atoms with Crippen molar-refractivity contribution in [2.24, 2.45) is 0 Å². The SMILES string of the molecule is CC(C)c1ccn(C2CCC(=O)NC2=O)c(=O)c1. The first-order chi connectivity index (χ1) is 8.49. The van der Waals surface area contributed by atoms with Gasteiger partial charge >= 0.3 is 0 Å². The molecule has 5 nitrogen and oxygen atoms in total. The Morgan fingerprint density at radius 2 is 2.06 bits per heavy atom. The van der Waals surface area contributed by atoms with Gasteiger partial charge < -0.3 is 4.57 Å². The number of rotatable bonds is 2. The molecule has 1 N–H and O–H groups in total. The molecule has 2 rings (SSSR count). The minimum atomic E-state index is -0.573. The molecule has 0 spiro atoms. The highest BCUT2D eigenvalue weighted by molar-refractivity contribution is 5.99. The lowest BCUT2D eigenvalue weighted by atomic mass is 10.0. The molecular formula is C13H16N2O3. The van der Waals surface area contributed by atoms with Crippen molar-refractivity contribution in [3.63, 3.8) is 0 Å². The zero-order valence-corrected chi connectivity index (χ0v) is 10.5. The predicted octanol–water partition coefficient (Wildman–Crippen LogP) is 0.949. The van der Waals surface area contributed by atoms with Gasteiger partial charge in [-0.05, 0) is 24.0 Å². The molecule has 1 aromatic rings. The number of hydrogen-bond donors (Lipinski definition) is 1. The number of carbonyl (C=O) groups excluding carboxylic acids is 2. The third-order valence-electron chi connectivity index (χ3n) is 3.18. The second kappa shape index (κ2) is 4.76. The van der Waals surface area contributed by atoms with E-state index in [1.165, 1.54) is 4.57 Å². The lowest BCUT2D eigenvalue weighted by Crippen LogP contribution is -2.44. The number of amides is 2. The van der Waals surface area contributed by atoms with Gasteiger partial charge in [-0.1, -0.05) is 13.8 Å². The van der Waals surface area contributed by atoms with Gasteiger partial charge in [-0.25, -0.2) is 0 Å². The van der Waals surface area contributed by atoms with Crippen molar-refractivity contribution in [3.8, 4) is 0 Å². The van der Waals surface area contributed by atoms with E-state index in [1.54, 1.807) is 12.3 Å². The topological polar surface area (TPSA) is 68.2 Å². The summed E-state index contributed by atoms with van der Waals surface area (Å²) < 4.78 is 1.40. The summed E-state index contributed by atoms with van der Waals surface area (Å²) in [5, 5.41) is 2.25. The molecule has 0 aliphatic carbocycles. The Bertz CT molecular complexity index is 545. The van der Waals surface area contributed by atoms with Crippen LogP contribution in [0, 0.1) is 0 Å². The highest BCUT2D eigenvalue weighted by Gasteiger charge is 2.28. The molecule has 1 aromatic heterocycles. The lowest BCUT2D eigenvalue weighted by Gasteiger charge is -2.23. The molecule has 2 amide bonds. The van der Waals surface area contributed by atoms with E-state index in [0.717, 1.165) is 5.56 Å². The van der Waals surface area contributed by atoms with Crippen molar-refractivity contribution in [1.82, 2.24) is 9.88 Å². The van der Waals surface area contributed by atoms with Crippen LogP contribution in [-0.4, -0.2) is 16.4 Å². The summed E-state index contributed by atoms with van der Waals surface area (Å²) >= 11 is 0. The summed E-state index contributed by atoms with van der Waals surface area (Å²) in [7, 11) is 0. The van der Waals surface area contributed by atoms with Gasteiger partial charge in [0.1, 0.15) is 6.04 Å². The van der Waals surface area contributed by atoms with Crippen molar-refractivity contribution in [2.45, 2.75) is 38.6 Å². The van der Waals surface area contributed by atoms with E-state index in [2.05, 4.69) is 5.32 Å². The van der Waals surface area contributed by atoms with Gasteiger partial charge in [0.05, 0.1) is 0 Å². The average Bonchev–Trinajstić information content (AvgIpc) is 2.30. The molecule has 0 saturated carbocycles. The number of piperidine rings is 1. The van der Waals surface area contributed by atoms with Gasteiger partial charge in [0.2, 0.25) is 11.8 Å². The van der Waals surface area contributed by atoms with Gasteiger partial charge in [-0.15, -0.1) is 0 Å². The van der Waals surface area contributed by atoms with E-state index in [-0.39, 0.29) is 23.8 Å². The summed E-state index contributed by atoms with van der Waals surface area (Å²) in [6, 6.07) is 2.82. The molecule has 2 heterocycles. The minimum absolute atomic E-state index is 0.198. The quantitative estimate of drug-likeness (QED) is 0.792. The molecule has 1 unspecified atom stereocenters. The molecule has 1 aliphatic heterocycles. The van der Waals surface area contributed by atoms with Gasteiger partial charge in [0.15, 0.2) is 0 Å². The van der Waals surface area contributed by atoms with E-state index in [4.69, 9.17) is 0 Å². The molecule has 0 bridgehead atoms. The largest absolute Gasteiger partial charge is 0.303 e. The van der Waals surface area contributed by atoms with Crippen molar-refractivity contribution in [2.75, 3.05) is 0 Å². The second-order valence-corrected chi connectivity index (χ2v) is 4.83. The van der Waals surface area contributed by atoms with Crippen molar-refractivity contribution in [3.05, 3.63) is 34.2 Å². The van der Waals surface area contributed by atoms with E-state index in [0.29, 0.717) is 6.42 Å². The fraction of sp³-hybridized carbons (Fsp3) is 0.462. The molecule has 1 fully saturated rings. The van der Waals surface area contributed by atoms with Crippen LogP contribution in [0.1, 0.15) is 44.2 Å². The van der Waals surface area contributed by atoms with Crippen LogP contribution in [0.5, 0.6) is 0 Å². The minimum Gasteiger partial charge on any atom is -0.303 e. The summed E-state index contributed by atoms with van der Waals surface area (Å²) in [5.41, 5.74) is 0.749. The first kappa shape index (κ1) is 12.5. The summed E-state index contributed by atoms with van der Waals surface area (Å²) in [4.78, 5) is 34.7. The maximum atomic E-state index is 12.0. The highest BCUT2D eigenvalue weighted by Crippen LogP contribution is 2.18. The Balaban J connectivity index is 2.32. The molecular weight excluding hydrogens is 232 g/mol. The first-order valence-corrected chi connectivity index (χ1v) is 6.05. The maximum Gasteiger partial charge on any atom is 0.251 e. The van der Waals surface area contributed by atoms with E-state index < -0.39 is 11.9 Å². The number of aromatic nitrogens is 1. The van der Waals surface area contributed by atoms with Gasteiger partial charge in [0.25, 0.3) is 5.56 Å². The Morgan fingerprint density at radius 3 is 2.61 bits per heavy atom. The fourth-order valence-electron chi connectivity index (χ4n) is 2.07. The summed E-state index contributed by atoms with van der Waals surface area (Å²) in [6.45, 7) is 4.01. The maximum absolute atomic E-state index is 12.0. The lowest BCUT2D eigenvalue weighted by molar-refractivity contribution is -0.135. The highest BCUT2D eigenvalue weighted by atomic mass is 16.2. The molecule has 1 saturated heterocycles. The van der Waals surface area contributed by atoms with Gasteiger partial charge in [0, 0.05) is 18.7 Å². The zero-order chi connectivity index (χ0) is 13.3. The summed E-state index contributed by atoms with van der Waals surface area (Å²) in [5.74, 6) is -0.400. The number of carbonyl (C=O) groups is 2. The van der Waals surface area contributed by atoms with Crippen LogP contribution < -0.4 is 10.9 Å². The van der Waals surface area contributed by atoms with Crippen LogP contribution >= 0.6 is 0 Å². The second-order valence-electron chi connectivity index (χ2n) is 4.83. The summed E-state index contributed by atoms with van der Waals surface area (Å²) in [6.07, 6.45) is 2.29. The zero-order valence-electron chi connectivity index (χ0n) is 10.5. The molecule has 5 heteroatoms. The fourth-order valence-corrected chi connectivity index (χ4v) is 2.07.